The van der Waals surface area contributed by atoms with Gasteiger partial charge >= 0.3 is 5.97 Å². The molecule has 2 aromatic rings. The first-order chi connectivity index (χ1) is 17.5. The summed E-state index contributed by atoms with van der Waals surface area (Å²) in [4.78, 5) is 29.5. The summed E-state index contributed by atoms with van der Waals surface area (Å²) in [5.74, 6) is -0.855. The highest BCUT2D eigenvalue weighted by Crippen LogP contribution is 2.38. The molecule has 1 saturated heterocycles. The van der Waals surface area contributed by atoms with Crippen LogP contribution in [-0.4, -0.2) is 74.0 Å². The van der Waals surface area contributed by atoms with E-state index in [9.17, 15) is 18.0 Å². The second-order valence-electron chi connectivity index (χ2n) is 9.80. The number of carbonyl (C=O) groups is 2. The molecule has 37 heavy (non-hydrogen) atoms. The molecule has 3 heterocycles. The fraction of sp³-hybridized carbons (Fsp3) is 0.538. The molecule has 2 aliphatic heterocycles. The van der Waals surface area contributed by atoms with E-state index in [2.05, 4.69) is 24.1 Å². The zero-order valence-corrected chi connectivity index (χ0v) is 23.6. The number of nitrogens with zero attached hydrogens (tertiary/aromatic N) is 2. The number of amides is 1. The summed E-state index contributed by atoms with van der Waals surface area (Å²) in [6.45, 7) is 12.1. The first kappa shape index (κ1) is 27.7. The summed E-state index contributed by atoms with van der Waals surface area (Å²) in [6.07, 6.45) is 0.321. The summed E-state index contributed by atoms with van der Waals surface area (Å²) in [5.41, 5.74) is 1.66. The molecule has 202 valence electrons. The lowest BCUT2D eigenvalue weighted by Gasteiger charge is -2.34. The number of esters is 1. The number of ether oxygens (including phenoxy) is 2. The van der Waals surface area contributed by atoms with Gasteiger partial charge in [-0.25, -0.2) is 13.2 Å². The number of benzene rings is 1. The van der Waals surface area contributed by atoms with Gasteiger partial charge in [-0.15, -0.1) is 11.3 Å². The van der Waals surface area contributed by atoms with Gasteiger partial charge < -0.3 is 14.8 Å². The predicted molar refractivity (Wildman–Crippen MR) is 143 cm³/mol. The average Bonchev–Trinajstić information content (AvgIpc) is 3.20. The van der Waals surface area contributed by atoms with Crippen LogP contribution in [0.2, 0.25) is 0 Å². The number of morpholine rings is 1. The molecule has 0 saturated carbocycles. The van der Waals surface area contributed by atoms with Crippen molar-refractivity contribution in [1.29, 1.82) is 0 Å². The lowest BCUT2D eigenvalue weighted by molar-refractivity contribution is -0.0440. The van der Waals surface area contributed by atoms with Crippen LogP contribution in [0.5, 0.6) is 0 Å². The smallest absolute Gasteiger partial charge is 0.341 e. The molecule has 2 unspecified atom stereocenters. The highest BCUT2D eigenvalue weighted by atomic mass is 32.2. The van der Waals surface area contributed by atoms with Crippen molar-refractivity contribution in [3.63, 3.8) is 0 Å². The van der Waals surface area contributed by atoms with Crippen LogP contribution in [0.15, 0.2) is 29.2 Å². The molecule has 1 N–H and O–H groups in total. The minimum atomic E-state index is -3.71. The van der Waals surface area contributed by atoms with Gasteiger partial charge in [0.2, 0.25) is 10.0 Å². The van der Waals surface area contributed by atoms with Crippen molar-refractivity contribution in [2.75, 3.05) is 31.6 Å². The minimum Gasteiger partial charge on any atom is -0.462 e. The Morgan fingerprint density at radius 2 is 1.81 bits per heavy atom. The third-order valence-corrected chi connectivity index (χ3v) is 9.64. The largest absolute Gasteiger partial charge is 0.462 e. The van der Waals surface area contributed by atoms with Crippen molar-refractivity contribution in [3.8, 4) is 0 Å². The van der Waals surface area contributed by atoms with Gasteiger partial charge in [0.25, 0.3) is 5.91 Å². The second kappa shape index (κ2) is 11.2. The van der Waals surface area contributed by atoms with Crippen molar-refractivity contribution >= 4 is 38.2 Å². The molecule has 0 aliphatic carbocycles. The maximum atomic E-state index is 13.1. The topological polar surface area (TPSA) is 105 Å². The van der Waals surface area contributed by atoms with Gasteiger partial charge in [0.1, 0.15) is 5.00 Å². The molecular weight excluding hydrogens is 514 g/mol. The number of hydrogen-bond donors (Lipinski definition) is 1. The standard InChI is InChI=1S/C26H35N3O6S2/c1-6-34-26(31)23-21-11-12-28(16(2)3)15-22(21)36-25(23)27-24(30)19-7-9-20(10-8-19)37(32,33)29-13-17(4)35-18(5)14-29/h7-10,16-18H,6,11-15H2,1-5H3,(H,27,30). The molecule has 0 radical (unpaired) electrons. The molecule has 1 aromatic carbocycles. The fourth-order valence-corrected chi connectivity index (χ4v) is 7.65. The number of fused-ring (bicyclic) bond motifs is 1. The van der Waals surface area contributed by atoms with Crippen LogP contribution in [0.1, 0.15) is 65.8 Å². The summed E-state index contributed by atoms with van der Waals surface area (Å²) in [5, 5.41) is 3.35. The van der Waals surface area contributed by atoms with E-state index in [0.717, 1.165) is 17.0 Å². The number of rotatable bonds is 7. The van der Waals surface area contributed by atoms with E-state index in [1.807, 2.05) is 13.8 Å². The molecule has 2 aliphatic rings. The van der Waals surface area contributed by atoms with E-state index >= 15 is 0 Å². The molecule has 1 fully saturated rings. The van der Waals surface area contributed by atoms with Crippen LogP contribution in [0.3, 0.4) is 0 Å². The van der Waals surface area contributed by atoms with Crippen LogP contribution in [0.4, 0.5) is 5.00 Å². The Morgan fingerprint density at radius 3 is 2.41 bits per heavy atom. The van der Waals surface area contributed by atoms with Crippen LogP contribution >= 0.6 is 11.3 Å². The highest BCUT2D eigenvalue weighted by Gasteiger charge is 2.33. The predicted octanol–water partition coefficient (Wildman–Crippen LogP) is 3.74. The quantitative estimate of drug-likeness (QED) is 0.525. The zero-order valence-electron chi connectivity index (χ0n) is 21.9. The summed E-state index contributed by atoms with van der Waals surface area (Å²) < 4.78 is 38.6. The van der Waals surface area contributed by atoms with Crippen LogP contribution in [0, 0.1) is 0 Å². The number of thiophene rings is 1. The molecule has 0 bridgehead atoms. The van der Waals surface area contributed by atoms with E-state index in [4.69, 9.17) is 9.47 Å². The van der Waals surface area contributed by atoms with E-state index in [-0.39, 0.29) is 36.8 Å². The van der Waals surface area contributed by atoms with E-state index < -0.39 is 21.9 Å². The van der Waals surface area contributed by atoms with Gasteiger partial charge in [-0.2, -0.15) is 4.31 Å². The number of hydrogen-bond acceptors (Lipinski definition) is 8. The zero-order chi connectivity index (χ0) is 26.9. The van der Waals surface area contributed by atoms with Crippen molar-refractivity contribution in [3.05, 3.63) is 45.8 Å². The molecule has 9 nitrogen and oxygen atoms in total. The number of nitrogens with one attached hydrogen (secondary N) is 1. The molecular formula is C26H35N3O6S2. The van der Waals surface area contributed by atoms with Crippen molar-refractivity contribution in [2.24, 2.45) is 0 Å². The molecule has 1 amide bonds. The monoisotopic (exact) mass is 549 g/mol. The summed E-state index contributed by atoms with van der Waals surface area (Å²) >= 11 is 1.40. The number of sulfonamides is 1. The maximum Gasteiger partial charge on any atom is 0.341 e. The molecule has 11 heteroatoms. The van der Waals surface area contributed by atoms with E-state index in [1.54, 1.807) is 6.92 Å². The van der Waals surface area contributed by atoms with E-state index in [1.165, 1.54) is 39.9 Å². The second-order valence-corrected chi connectivity index (χ2v) is 12.8. The van der Waals surface area contributed by atoms with Gasteiger partial charge in [-0.05, 0) is 70.9 Å². The van der Waals surface area contributed by atoms with Crippen molar-refractivity contribution in [1.82, 2.24) is 9.21 Å². The van der Waals surface area contributed by atoms with Crippen LogP contribution < -0.4 is 5.32 Å². The summed E-state index contributed by atoms with van der Waals surface area (Å²) in [7, 11) is -3.71. The van der Waals surface area contributed by atoms with E-state index in [0.29, 0.717) is 35.1 Å². The lowest BCUT2D eigenvalue weighted by Crippen LogP contribution is -2.48. The first-order valence-corrected chi connectivity index (χ1v) is 14.9. The Labute approximate surface area is 222 Å². The van der Waals surface area contributed by atoms with Crippen LogP contribution in [-0.2, 0) is 32.5 Å². The fourth-order valence-electron chi connectivity index (χ4n) is 4.80. The van der Waals surface area contributed by atoms with Gasteiger partial charge in [0, 0.05) is 42.7 Å². The third kappa shape index (κ3) is 5.91. The highest BCUT2D eigenvalue weighted by molar-refractivity contribution is 7.89. The van der Waals surface area contributed by atoms with Gasteiger partial charge in [-0.1, -0.05) is 0 Å². The minimum absolute atomic E-state index is 0.123. The average molecular weight is 550 g/mol. The molecule has 0 spiro atoms. The number of anilines is 1. The Bertz CT molecular complexity index is 1250. The molecule has 2 atom stereocenters. The SMILES string of the molecule is CCOC(=O)c1c(NC(=O)c2ccc(S(=O)(=O)N3CC(C)OC(C)C3)cc2)sc2c1CCN(C(C)C)C2. The normalized spacial score (nSPS) is 21.0. The molecule has 1 aromatic heterocycles. The van der Waals surface area contributed by atoms with Crippen molar-refractivity contribution < 1.29 is 27.5 Å². The Hall–Kier alpha value is -2.31. The first-order valence-electron chi connectivity index (χ1n) is 12.6. The maximum absolute atomic E-state index is 13.1. The number of carbonyl (C=O) groups excluding carboxylic acids is 2. The Morgan fingerprint density at radius 1 is 1.16 bits per heavy atom. The van der Waals surface area contributed by atoms with Crippen molar-refractivity contribution in [2.45, 2.75) is 70.7 Å². The third-order valence-electron chi connectivity index (χ3n) is 6.66. The van der Waals surface area contributed by atoms with Gasteiger partial charge in [0.05, 0.1) is 29.3 Å². The van der Waals surface area contributed by atoms with Crippen LogP contribution in [0.25, 0.3) is 0 Å². The summed E-state index contributed by atoms with van der Waals surface area (Å²) in [6, 6.07) is 6.25. The Balaban J connectivity index is 1.55. The molecule has 4 rings (SSSR count). The Kier molecular flexibility index (Phi) is 8.39. The van der Waals surface area contributed by atoms with Gasteiger partial charge in [0.15, 0.2) is 0 Å². The van der Waals surface area contributed by atoms with Gasteiger partial charge in [-0.3, -0.25) is 9.69 Å². The lowest BCUT2D eigenvalue weighted by atomic mass is 10.0.